The standard InChI is InChI=1S/C14H18N4O2/c1-2-8-15-13-6-5-12(17-18-13)14(19)16-9-7-11-4-3-10-20-11/h3-6,10H,2,7-9H2,1H3,(H,15,18)(H,16,19). The highest BCUT2D eigenvalue weighted by molar-refractivity contribution is 5.92. The Labute approximate surface area is 117 Å². The maximum absolute atomic E-state index is 11.8. The Kier molecular flexibility index (Phi) is 5.11. The summed E-state index contributed by atoms with van der Waals surface area (Å²) >= 11 is 0. The first-order valence-electron chi connectivity index (χ1n) is 6.67. The lowest BCUT2D eigenvalue weighted by Gasteiger charge is -2.05. The van der Waals surface area contributed by atoms with Crippen LogP contribution >= 0.6 is 0 Å². The Bertz CT molecular complexity index is 523. The number of hydrogen-bond acceptors (Lipinski definition) is 5. The fourth-order valence-corrected chi connectivity index (χ4v) is 1.65. The Morgan fingerprint density at radius 3 is 2.80 bits per heavy atom. The van der Waals surface area contributed by atoms with Crippen LogP contribution in [0.2, 0.25) is 0 Å². The molecule has 0 aromatic carbocycles. The molecule has 20 heavy (non-hydrogen) atoms. The zero-order chi connectivity index (χ0) is 14.2. The lowest BCUT2D eigenvalue weighted by atomic mass is 10.3. The highest BCUT2D eigenvalue weighted by Gasteiger charge is 2.07. The number of anilines is 1. The number of nitrogens with one attached hydrogen (secondary N) is 2. The third kappa shape index (κ3) is 4.08. The summed E-state index contributed by atoms with van der Waals surface area (Å²) in [5, 5.41) is 13.7. The molecule has 2 aromatic rings. The minimum atomic E-state index is -0.230. The van der Waals surface area contributed by atoms with E-state index in [-0.39, 0.29) is 5.91 Å². The number of carbonyl (C=O) groups excluding carboxylic acids is 1. The molecule has 2 N–H and O–H groups in total. The monoisotopic (exact) mass is 274 g/mol. The van der Waals surface area contributed by atoms with Crippen LogP contribution in [-0.4, -0.2) is 29.2 Å². The summed E-state index contributed by atoms with van der Waals surface area (Å²) in [5.74, 6) is 1.29. The van der Waals surface area contributed by atoms with Gasteiger partial charge in [0, 0.05) is 19.5 Å². The molecular weight excluding hydrogens is 256 g/mol. The third-order valence-electron chi connectivity index (χ3n) is 2.69. The van der Waals surface area contributed by atoms with E-state index in [1.165, 1.54) is 0 Å². The maximum Gasteiger partial charge on any atom is 0.271 e. The van der Waals surface area contributed by atoms with Crippen molar-refractivity contribution in [1.29, 1.82) is 0 Å². The lowest BCUT2D eigenvalue weighted by molar-refractivity contribution is 0.0948. The van der Waals surface area contributed by atoms with Crippen molar-refractivity contribution in [3.8, 4) is 0 Å². The van der Waals surface area contributed by atoms with Crippen molar-refractivity contribution in [2.24, 2.45) is 0 Å². The number of hydrogen-bond donors (Lipinski definition) is 2. The number of nitrogens with zero attached hydrogens (tertiary/aromatic N) is 2. The van der Waals surface area contributed by atoms with Crippen molar-refractivity contribution in [3.05, 3.63) is 42.0 Å². The van der Waals surface area contributed by atoms with Gasteiger partial charge in [0.25, 0.3) is 5.91 Å². The van der Waals surface area contributed by atoms with Crippen LogP contribution < -0.4 is 10.6 Å². The number of amides is 1. The molecule has 106 valence electrons. The molecule has 0 fully saturated rings. The molecule has 0 aliphatic carbocycles. The van der Waals surface area contributed by atoms with Crippen LogP contribution in [0.25, 0.3) is 0 Å². The predicted octanol–water partition coefficient (Wildman–Crippen LogP) is 1.86. The lowest BCUT2D eigenvalue weighted by Crippen LogP contribution is -2.26. The summed E-state index contributed by atoms with van der Waals surface area (Å²) in [6, 6.07) is 7.11. The fourth-order valence-electron chi connectivity index (χ4n) is 1.65. The van der Waals surface area contributed by atoms with Crippen LogP contribution in [0.4, 0.5) is 5.82 Å². The van der Waals surface area contributed by atoms with Gasteiger partial charge < -0.3 is 15.1 Å². The average Bonchev–Trinajstić information content (AvgIpc) is 2.99. The zero-order valence-electron chi connectivity index (χ0n) is 11.4. The SMILES string of the molecule is CCCNc1ccc(C(=O)NCCc2ccco2)nn1. The van der Waals surface area contributed by atoms with Crippen molar-refractivity contribution in [2.75, 3.05) is 18.4 Å². The first-order valence-corrected chi connectivity index (χ1v) is 6.67. The first-order chi connectivity index (χ1) is 9.79. The topological polar surface area (TPSA) is 80.0 Å². The van der Waals surface area contributed by atoms with Crippen molar-refractivity contribution in [3.63, 3.8) is 0 Å². The molecule has 0 atom stereocenters. The normalized spacial score (nSPS) is 10.2. The summed E-state index contributed by atoms with van der Waals surface area (Å²) in [6.07, 6.45) is 3.28. The molecule has 6 nitrogen and oxygen atoms in total. The van der Waals surface area contributed by atoms with Crippen LogP contribution in [0.3, 0.4) is 0 Å². The van der Waals surface area contributed by atoms with E-state index in [1.54, 1.807) is 18.4 Å². The van der Waals surface area contributed by atoms with Crippen molar-refractivity contribution in [1.82, 2.24) is 15.5 Å². The summed E-state index contributed by atoms with van der Waals surface area (Å²) in [5.41, 5.74) is 0.312. The van der Waals surface area contributed by atoms with Gasteiger partial charge in [0.2, 0.25) is 0 Å². The molecule has 6 heteroatoms. The summed E-state index contributed by atoms with van der Waals surface area (Å²) in [4.78, 5) is 11.8. The quantitative estimate of drug-likeness (QED) is 0.805. The molecule has 0 aliphatic rings. The van der Waals surface area contributed by atoms with E-state index in [4.69, 9.17) is 4.42 Å². The van der Waals surface area contributed by atoms with Gasteiger partial charge >= 0.3 is 0 Å². The number of carbonyl (C=O) groups is 1. The Hall–Kier alpha value is -2.37. The van der Waals surface area contributed by atoms with E-state index in [2.05, 4.69) is 27.8 Å². The molecular formula is C14H18N4O2. The van der Waals surface area contributed by atoms with E-state index in [9.17, 15) is 4.79 Å². The van der Waals surface area contributed by atoms with Crippen molar-refractivity contribution >= 4 is 11.7 Å². The Morgan fingerprint density at radius 2 is 2.15 bits per heavy atom. The Morgan fingerprint density at radius 1 is 1.25 bits per heavy atom. The Balaban J connectivity index is 1.79. The smallest absolute Gasteiger partial charge is 0.271 e. The number of furan rings is 1. The molecule has 0 aliphatic heterocycles. The first kappa shape index (κ1) is 14.0. The second-order valence-corrected chi connectivity index (χ2v) is 4.32. The van der Waals surface area contributed by atoms with Crippen molar-refractivity contribution in [2.45, 2.75) is 19.8 Å². The largest absolute Gasteiger partial charge is 0.469 e. The van der Waals surface area contributed by atoms with E-state index < -0.39 is 0 Å². The van der Waals surface area contributed by atoms with Gasteiger partial charge in [-0.2, -0.15) is 0 Å². The van der Waals surface area contributed by atoms with E-state index in [0.29, 0.717) is 24.5 Å². The van der Waals surface area contributed by atoms with Gasteiger partial charge in [0.1, 0.15) is 11.6 Å². The van der Waals surface area contributed by atoms with Gasteiger partial charge in [-0.3, -0.25) is 4.79 Å². The highest BCUT2D eigenvalue weighted by atomic mass is 16.3. The molecule has 2 heterocycles. The number of rotatable bonds is 7. The molecule has 2 aromatic heterocycles. The van der Waals surface area contributed by atoms with Crippen LogP contribution in [0.1, 0.15) is 29.6 Å². The summed E-state index contributed by atoms with van der Waals surface area (Å²) < 4.78 is 5.19. The summed E-state index contributed by atoms with van der Waals surface area (Å²) in [6.45, 7) is 3.41. The van der Waals surface area contributed by atoms with Crippen LogP contribution in [0, 0.1) is 0 Å². The molecule has 1 amide bonds. The predicted molar refractivity (Wildman–Crippen MR) is 75.6 cm³/mol. The zero-order valence-corrected chi connectivity index (χ0v) is 11.4. The minimum absolute atomic E-state index is 0.230. The molecule has 0 saturated heterocycles. The molecule has 0 radical (unpaired) electrons. The van der Waals surface area contributed by atoms with Gasteiger partial charge in [-0.1, -0.05) is 6.92 Å². The van der Waals surface area contributed by atoms with Gasteiger partial charge in [-0.15, -0.1) is 10.2 Å². The molecule has 0 spiro atoms. The molecule has 0 saturated carbocycles. The summed E-state index contributed by atoms with van der Waals surface area (Å²) in [7, 11) is 0. The van der Waals surface area contributed by atoms with E-state index >= 15 is 0 Å². The van der Waals surface area contributed by atoms with E-state index in [0.717, 1.165) is 18.7 Å². The van der Waals surface area contributed by atoms with Crippen LogP contribution in [0.5, 0.6) is 0 Å². The second-order valence-electron chi connectivity index (χ2n) is 4.32. The van der Waals surface area contributed by atoms with Crippen molar-refractivity contribution < 1.29 is 9.21 Å². The van der Waals surface area contributed by atoms with Gasteiger partial charge in [-0.25, -0.2) is 0 Å². The highest BCUT2D eigenvalue weighted by Crippen LogP contribution is 2.03. The van der Waals surface area contributed by atoms with Crippen LogP contribution in [0.15, 0.2) is 34.9 Å². The minimum Gasteiger partial charge on any atom is -0.469 e. The molecule has 0 bridgehead atoms. The molecule has 0 unspecified atom stereocenters. The second kappa shape index (κ2) is 7.28. The van der Waals surface area contributed by atoms with Gasteiger partial charge in [-0.05, 0) is 30.7 Å². The average molecular weight is 274 g/mol. The van der Waals surface area contributed by atoms with Gasteiger partial charge in [0.05, 0.1) is 6.26 Å². The third-order valence-corrected chi connectivity index (χ3v) is 2.69. The van der Waals surface area contributed by atoms with Crippen LogP contribution in [-0.2, 0) is 6.42 Å². The fraction of sp³-hybridized carbons (Fsp3) is 0.357. The maximum atomic E-state index is 11.8. The van der Waals surface area contributed by atoms with Gasteiger partial charge in [0.15, 0.2) is 5.69 Å². The van der Waals surface area contributed by atoms with E-state index in [1.807, 2.05) is 12.1 Å². The number of aromatic nitrogens is 2. The molecule has 2 rings (SSSR count).